The SMILES string of the molecule is CC1CC2=C(OO1)C(=O)c1cccc(Cl)c1C2=O. The number of ketones is 2. The summed E-state index contributed by atoms with van der Waals surface area (Å²) in [5.74, 6) is -0.609. The first kappa shape index (κ1) is 11.4. The van der Waals surface area contributed by atoms with E-state index in [4.69, 9.17) is 21.4 Å². The van der Waals surface area contributed by atoms with Crippen molar-refractivity contribution in [3.63, 3.8) is 0 Å². The number of carbonyl (C=O) groups is 2. The molecule has 1 aromatic rings. The first-order chi connectivity index (χ1) is 8.59. The summed E-state index contributed by atoms with van der Waals surface area (Å²) in [7, 11) is 0. The zero-order chi connectivity index (χ0) is 12.9. The number of rotatable bonds is 0. The largest absolute Gasteiger partial charge is 0.333 e. The molecule has 3 rings (SSSR count). The van der Waals surface area contributed by atoms with Crippen LogP contribution in [-0.4, -0.2) is 17.7 Å². The Hall–Kier alpha value is -1.65. The van der Waals surface area contributed by atoms with E-state index in [2.05, 4.69) is 0 Å². The van der Waals surface area contributed by atoms with Crippen molar-refractivity contribution in [2.45, 2.75) is 19.4 Å². The summed E-state index contributed by atoms with van der Waals surface area (Å²) in [4.78, 5) is 34.4. The molecule has 0 N–H and O–H groups in total. The molecular formula is C13H9ClO4. The summed E-state index contributed by atoms with van der Waals surface area (Å²) < 4.78 is 0. The molecular weight excluding hydrogens is 256 g/mol. The highest BCUT2D eigenvalue weighted by Gasteiger charge is 2.38. The summed E-state index contributed by atoms with van der Waals surface area (Å²) in [5.41, 5.74) is 0.879. The smallest absolute Gasteiger partial charge is 0.232 e. The topological polar surface area (TPSA) is 52.6 Å². The molecule has 0 saturated heterocycles. The summed E-state index contributed by atoms with van der Waals surface area (Å²) in [6, 6.07) is 4.79. The van der Waals surface area contributed by atoms with Crippen molar-refractivity contribution in [3.05, 3.63) is 45.7 Å². The molecule has 92 valence electrons. The van der Waals surface area contributed by atoms with Gasteiger partial charge in [-0.05, 0) is 13.0 Å². The molecule has 1 unspecified atom stereocenters. The Morgan fingerprint density at radius 2 is 2.06 bits per heavy atom. The van der Waals surface area contributed by atoms with Gasteiger partial charge >= 0.3 is 0 Å². The highest BCUT2D eigenvalue weighted by molar-refractivity contribution is 6.38. The Kier molecular flexibility index (Phi) is 2.50. The number of halogens is 1. The minimum Gasteiger partial charge on any atom is -0.333 e. The van der Waals surface area contributed by atoms with Crippen molar-refractivity contribution in [3.8, 4) is 0 Å². The van der Waals surface area contributed by atoms with Gasteiger partial charge in [0.1, 0.15) is 6.10 Å². The molecule has 1 aliphatic heterocycles. The number of Topliss-reactive ketones (excluding diaryl/α,β-unsaturated/α-hetero) is 2. The van der Waals surface area contributed by atoms with Gasteiger partial charge in [-0.3, -0.25) is 9.59 Å². The van der Waals surface area contributed by atoms with E-state index in [1.54, 1.807) is 25.1 Å². The lowest BCUT2D eigenvalue weighted by Gasteiger charge is -2.26. The lowest BCUT2D eigenvalue weighted by atomic mass is 9.85. The maximum atomic E-state index is 12.3. The first-order valence-corrected chi connectivity index (χ1v) is 5.91. The molecule has 0 bridgehead atoms. The molecule has 2 aliphatic rings. The van der Waals surface area contributed by atoms with Crippen LogP contribution in [0.2, 0.25) is 5.02 Å². The highest BCUT2D eigenvalue weighted by Crippen LogP contribution is 2.35. The molecule has 0 amide bonds. The van der Waals surface area contributed by atoms with E-state index in [1.807, 2.05) is 0 Å². The Bertz CT molecular complexity index is 603. The van der Waals surface area contributed by atoms with Crippen molar-refractivity contribution < 1.29 is 19.4 Å². The van der Waals surface area contributed by atoms with Crippen molar-refractivity contribution in [2.75, 3.05) is 0 Å². The number of fused-ring (bicyclic) bond motifs is 1. The molecule has 4 nitrogen and oxygen atoms in total. The Balaban J connectivity index is 2.21. The fraction of sp³-hybridized carbons (Fsp3) is 0.231. The standard InChI is InChI=1S/C13H9ClO4/c1-6-5-8-11(15)10-7(3-2-4-9(10)14)12(16)13(8)18-17-6/h2-4,6H,5H2,1H3. The maximum absolute atomic E-state index is 12.3. The van der Waals surface area contributed by atoms with Crippen LogP contribution in [0.3, 0.4) is 0 Å². The third kappa shape index (κ3) is 1.50. The first-order valence-electron chi connectivity index (χ1n) is 5.54. The van der Waals surface area contributed by atoms with Crippen LogP contribution in [-0.2, 0) is 9.78 Å². The molecule has 5 heteroatoms. The van der Waals surface area contributed by atoms with E-state index in [0.717, 1.165) is 0 Å². The van der Waals surface area contributed by atoms with E-state index >= 15 is 0 Å². The van der Waals surface area contributed by atoms with Crippen LogP contribution < -0.4 is 0 Å². The van der Waals surface area contributed by atoms with E-state index < -0.39 is 0 Å². The Morgan fingerprint density at radius 3 is 2.83 bits per heavy atom. The minimum atomic E-state index is -0.353. The predicted molar refractivity (Wildman–Crippen MR) is 63.4 cm³/mol. The van der Waals surface area contributed by atoms with E-state index in [9.17, 15) is 9.59 Å². The highest BCUT2D eigenvalue weighted by atomic mass is 35.5. The zero-order valence-electron chi connectivity index (χ0n) is 9.53. The fourth-order valence-corrected chi connectivity index (χ4v) is 2.44. The van der Waals surface area contributed by atoms with Crippen molar-refractivity contribution in [1.82, 2.24) is 0 Å². The van der Waals surface area contributed by atoms with Gasteiger partial charge in [0.2, 0.25) is 11.5 Å². The molecule has 1 heterocycles. The molecule has 0 saturated carbocycles. The van der Waals surface area contributed by atoms with Gasteiger partial charge < -0.3 is 4.89 Å². The van der Waals surface area contributed by atoms with E-state index in [1.165, 1.54) is 0 Å². The number of carbonyl (C=O) groups excluding carboxylic acids is 2. The van der Waals surface area contributed by atoms with Crippen LogP contribution in [0.1, 0.15) is 34.1 Å². The minimum absolute atomic E-state index is 0.00660. The average molecular weight is 265 g/mol. The second kappa shape index (κ2) is 3.93. The van der Waals surface area contributed by atoms with Gasteiger partial charge in [0.15, 0.2) is 5.78 Å². The quantitative estimate of drug-likeness (QED) is 0.676. The van der Waals surface area contributed by atoms with E-state index in [-0.39, 0.29) is 39.6 Å². The third-order valence-corrected chi connectivity index (χ3v) is 3.34. The summed E-state index contributed by atoms with van der Waals surface area (Å²) in [6.07, 6.45) is 0.0921. The second-order valence-electron chi connectivity index (χ2n) is 4.32. The van der Waals surface area contributed by atoms with Crippen molar-refractivity contribution >= 4 is 23.2 Å². The lowest BCUT2D eigenvalue weighted by molar-refractivity contribution is -0.295. The van der Waals surface area contributed by atoms with E-state index in [0.29, 0.717) is 12.0 Å². The molecule has 0 fully saturated rings. The van der Waals surface area contributed by atoms with Crippen LogP contribution in [0.5, 0.6) is 0 Å². The fourth-order valence-electron chi connectivity index (χ4n) is 2.18. The third-order valence-electron chi connectivity index (χ3n) is 3.03. The van der Waals surface area contributed by atoms with Gasteiger partial charge in [0.25, 0.3) is 0 Å². The number of hydrogen-bond donors (Lipinski definition) is 0. The normalized spacial score (nSPS) is 22.4. The van der Waals surface area contributed by atoms with Crippen LogP contribution in [0.25, 0.3) is 0 Å². The molecule has 0 aromatic heterocycles. The molecule has 18 heavy (non-hydrogen) atoms. The second-order valence-corrected chi connectivity index (χ2v) is 4.73. The number of hydrogen-bond acceptors (Lipinski definition) is 4. The maximum Gasteiger partial charge on any atom is 0.232 e. The molecule has 0 radical (unpaired) electrons. The molecule has 1 atom stereocenters. The van der Waals surface area contributed by atoms with Crippen LogP contribution >= 0.6 is 11.6 Å². The van der Waals surface area contributed by atoms with Gasteiger partial charge in [0.05, 0.1) is 16.2 Å². The molecule has 1 aliphatic carbocycles. The predicted octanol–water partition coefficient (Wildman–Crippen LogP) is 2.71. The summed E-state index contributed by atoms with van der Waals surface area (Å²) in [5, 5.41) is 0.288. The lowest BCUT2D eigenvalue weighted by Crippen LogP contribution is -2.30. The van der Waals surface area contributed by atoms with Crippen molar-refractivity contribution in [1.29, 1.82) is 0 Å². The zero-order valence-corrected chi connectivity index (χ0v) is 10.3. The Labute approximate surface area is 108 Å². The monoisotopic (exact) mass is 264 g/mol. The summed E-state index contributed by atoms with van der Waals surface area (Å²) >= 11 is 6.00. The Morgan fingerprint density at radius 1 is 1.28 bits per heavy atom. The van der Waals surface area contributed by atoms with Gasteiger partial charge in [0, 0.05) is 12.0 Å². The van der Waals surface area contributed by atoms with Gasteiger partial charge in [-0.2, -0.15) is 4.89 Å². The van der Waals surface area contributed by atoms with Gasteiger partial charge in [-0.25, -0.2) is 0 Å². The van der Waals surface area contributed by atoms with Crippen LogP contribution in [0, 0.1) is 0 Å². The van der Waals surface area contributed by atoms with Gasteiger partial charge in [-0.1, -0.05) is 23.7 Å². The average Bonchev–Trinajstić information content (AvgIpc) is 2.35. The molecule has 1 aromatic carbocycles. The summed E-state index contributed by atoms with van der Waals surface area (Å²) in [6.45, 7) is 1.77. The number of benzene rings is 1. The van der Waals surface area contributed by atoms with Crippen LogP contribution in [0.15, 0.2) is 29.5 Å². The van der Waals surface area contributed by atoms with Gasteiger partial charge in [-0.15, -0.1) is 0 Å². The number of allylic oxidation sites excluding steroid dienone is 1. The van der Waals surface area contributed by atoms with Crippen molar-refractivity contribution in [2.24, 2.45) is 0 Å². The van der Waals surface area contributed by atoms with Crippen LogP contribution in [0.4, 0.5) is 0 Å². The molecule has 0 spiro atoms.